The van der Waals surface area contributed by atoms with Gasteiger partial charge in [-0.1, -0.05) is 17.7 Å². The van der Waals surface area contributed by atoms with Gasteiger partial charge in [0.15, 0.2) is 17.2 Å². The normalized spacial score (nSPS) is 13.1. The average molecular weight is 533 g/mol. The molecule has 4 aromatic rings. The molecule has 1 aliphatic heterocycles. The van der Waals surface area contributed by atoms with E-state index < -0.39 is 5.91 Å². The highest BCUT2D eigenvalue weighted by atomic mass is 35.5. The summed E-state index contributed by atoms with van der Waals surface area (Å²) in [5, 5.41) is 7.93. The number of aryl methyl sites for hydroxylation is 1. The van der Waals surface area contributed by atoms with E-state index in [1.54, 1.807) is 16.8 Å². The zero-order valence-electron chi connectivity index (χ0n) is 19.7. The van der Waals surface area contributed by atoms with Crippen LogP contribution in [-0.4, -0.2) is 34.6 Å². The Morgan fingerprint density at radius 1 is 1.05 bits per heavy atom. The molecule has 6 rings (SSSR count). The van der Waals surface area contributed by atoms with Crippen LogP contribution in [0.25, 0.3) is 16.9 Å². The standard InChI is InChI=1S/C27H21ClN4O4S/c1-37-17-6-8-21(28)20(12-17)27(34)30-15-4-2-14-3-7-18-24(26(29)33)31-32(25(18)19(14)10-15)16-5-9-22-23(11-16)36-13-35-22/h2,4-6,8-12H,3,7,13H2,1H3,(H2,29,33)(H,30,34). The number of primary amides is 1. The van der Waals surface area contributed by atoms with Crippen molar-refractivity contribution in [1.82, 2.24) is 9.78 Å². The fourth-order valence-corrected chi connectivity index (χ4v) is 5.36. The molecule has 0 radical (unpaired) electrons. The smallest absolute Gasteiger partial charge is 0.269 e. The number of nitrogens with one attached hydrogen (secondary N) is 1. The maximum atomic E-state index is 13.1. The summed E-state index contributed by atoms with van der Waals surface area (Å²) in [6.45, 7) is 0.151. The molecule has 2 aliphatic rings. The van der Waals surface area contributed by atoms with Crippen molar-refractivity contribution < 1.29 is 19.1 Å². The van der Waals surface area contributed by atoms with E-state index in [9.17, 15) is 9.59 Å². The highest BCUT2D eigenvalue weighted by molar-refractivity contribution is 7.98. The predicted octanol–water partition coefficient (Wildman–Crippen LogP) is 5.09. The minimum atomic E-state index is -0.591. The highest BCUT2D eigenvalue weighted by Gasteiger charge is 2.29. The van der Waals surface area contributed by atoms with E-state index in [0.717, 1.165) is 27.3 Å². The molecule has 2 amide bonds. The van der Waals surface area contributed by atoms with Crippen LogP contribution >= 0.6 is 23.4 Å². The lowest BCUT2D eigenvalue weighted by molar-refractivity contribution is 0.0992. The molecule has 186 valence electrons. The van der Waals surface area contributed by atoms with Crippen molar-refractivity contribution in [3.8, 4) is 28.4 Å². The Labute approximate surface area is 221 Å². The number of hydrogen-bond donors (Lipinski definition) is 2. The van der Waals surface area contributed by atoms with Crippen molar-refractivity contribution in [2.75, 3.05) is 18.4 Å². The van der Waals surface area contributed by atoms with Crippen LogP contribution in [0.4, 0.5) is 5.69 Å². The van der Waals surface area contributed by atoms with Crippen LogP contribution in [0.5, 0.6) is 11.5 Å². The van der Waals surface area contributed by atoms with Gasteiger partial charge < -0.3 is 20.5 Å². The monoisotopic (exact) mass is 532 g/mol. The number of carbonyl (C=O) groups is 2. The molecule has 37 heavy (non-hydrogen) atoms. The lowest BCUT2D eigenvalue weighted by Gasteiger charge is -2.20. The molecule has 3 aromatic carbocycles. The number of nitrogens with zero attached hydrogens (tertiary/aromatic N) is 2. The van der Waals surface area contributed by atoms with E-state index in [0.29, 0.717) is 46.3 Å². The van der Waals surface area contributed by atoms with Crippen molar-refractivity contribution in [3.05, 3.63) is 82.0 Å². The number of nitrogens with two attached hydrogens (primary N) is 1. The van der Waals surface area contributed by atoms with Gasteiger partial charge in [0.25, 0.3) is 11.8 Å². The number of rotatable bonds is 5. The second kappa shape index (κ2) is 9.17. The SMILES string of the molecule is CSc1ccc(Cl)c(C(=O)Nc2ccc3c(c2)-c2c(c(C(N)=O)nn2-c2ccc4c(c2)OCO4)CC3)c1. The first-order chi connectivity index (χ1) is 17.9. The Balaban J connectivity index is 1.43. The lowest BCUT2D eigenvalue weighted by atomic mass is 9.88. The predicted molar refractivity (Wildman–Crippen MR) is 142 cm³/mol. The van der Waals surface area contributed by atoms with Crippen LogP contribution in [0, 0.1) is 0 Å². The molecule has 10 heteroatoms. The molecule has 0 bridgehead atoms. The maximum Gasteiger partial charge on any atom is 0.269 e. The number of thioether (sulfide) groups is 1. The third kappa shape index (κ3) is 4.10. The molecule has 0 saturated carbocycles. The molecule has 0 unspecified atom stereocenters. The summed E-state index contributed by atoms with van der Waals surface area (Å²) in [6.07, 6.45) is 3.27. The number of anilines is 1. The Kier molecular flexibility index (Phi) is 5.81. The van der Waals surface area contributed by atoms with Crippen molar-refractivity contribution in [2.24, 2.45) is 5.73 Å². The van der Waals surface area contributed by atoms with Crippen molar-refractivity contribution >= 4 is 40.9 Å². The molecule has 1 aromatic heterocycles. The van der Waals surface area contributed by atoms with E-state index in [-0.39, 0.29) is 18.4 Å². The van der Waals surface area contributed by atoms with Crippen LogP contribution in [0.3, 0.4) is 0 Å². The van der Waals surface area contributed by atoms with Gasteiger partial charge in [0.05, 0.1) is 22.0 Å². The third-order valence-electron chi connectivity index (χ3n) is 6.50. The van der Waals surface area contributed by atoms with E-state index >= 15 is 0 Å². The number of halogens is 1. The summed E-state index contributed by atoms with van der Waals surface area (Å²) in [6, 6.07) is 16.6. The van der Waals surface area contributed by atoms with Gasteiger partial charge in [0, 0.05) is 27.8 Å². The third-order valence-corrected chi connectivity index (χ3v) is 7.56. The molecular weight excluding hydrogens is 512 g/mol. The summed E-state index contributed by atoms with van der Waals surface area (Å²) in [5.74, 6) is 0.351. The van der Waals surface area contributed by atoms with Crippen LogP contribution in [0.1, 0.15) is 32.0 Å². The highest BCUT2D eigenvalue weighted by Crippen LogP contribution is 2.40. The van der Waals surface area contributed by atoms with Crippen LogP contribution in [0.2, 0.25) is 5.02 Å². The fourth-order valence-electron chi connectivity index (χ4n) is 4.72. The molecule has 3 N–H and O–H groups in total. The van der Waals surface area contributed by atoms with E-state index in [4.69, 9.17) is 26.8 Å². The fraction of sp³-hybridized carbons (Fsp3) is 0.148. The van der Waals surface area contributed by atoms with Gasteiger partial charge in [0.2, 0.25) is 6.79 Å². The van der Waals surface area contributed by atoms with Gasteiger partial charge >= 0.3 is 0 Å². The van der Waals surface area contributed by atoms with Gasteiger partial charge in [-0.3, -0.25) is 9.59 Å². The molecular formula is C27H21ClN4O4S. The summed E-state index contributed by atoms with van der Waals surface area (Å²) in [7, 11) is 0. The Morgan fingerprint density at radius 2 is 1.89 bits per heavy atom. The first kappa shape index (κ1) is 23.4. The molecule has 0 atom stereocenters. The number of aromatic nitrogens is 2. The van der Waals surface area contributed by atoms with Gasteiger partial charge in [-0.2, -0.15) is 5.10 Å². The quantitative estimate of drug-likeness (QED) is 0.346. The largest absolute Gasteiger partial charge is 0.454 e. The zero-order chi connectivity index (χ0) is 25.7. The van der Waals surface area contributed by atoms with Crippen molar-refractivity contribution in [1.29, 1.82) is 0 Å². The number of amides is 2. The average Bonchev–Trinajstić information content (AvgIpc) is 3.53. The van der Waals surface area contributed by atoms with E-state index in [1.165, 1.54) is 11.8 Å². The Morgan fingerprint density at radius 3 is 2.70 bits per heavy atom. The second-order valence-electron chi connectivity index (χ2n) is 8.66. The maximum absolute atomic E-state index is 13.1. The number of hydrogen-bond acceptors (Lipinski definition) is 6. The van der Waals surface area contributed by atoms with Gasteiger partial charge in [-0.05, 0) is 67.1 Å². The lowest BCUT2D eigenvalue weighted by Crippen LogP contribution is -2.16. The van der Waals surface area contributed by atoms with E-state index in [1.807, 2.05) is 48.7 Å². The summed E-state index contributed by atoms with van der Waals surface area (Å²) in [4.78, 5) is 26.3. The molecule has 1 aliphatic carbocycles. The zero-order valence-corrected chi connectivity index (χ0v) is 21.3. The summed E-state index contributed by atoms with van der Waals surface area (Å²) in [5.41, 5.74) is 11.1. The first-order valence-electron chi connectivity index (χ1n) is 11.5. The molecule has 0 fully saturated rings. The van der Waals surface area contributed by atoms with Gasteiger partial charge in [0.1, 0.15) is 0 Å². The van der Waals surface area contributed by atoms with Crippen molar-refractivity contribution in [2.45, 2.75) is 17.7 Å². The van der Waals surface area contributed by atoms with Crippen LogP contribution in [-0.2, 0) is 12.8 Å². The second-order valence-corrected chi connectivity index (χ2v) is 9.95. The van der Waals surface area contributed by atoms with Crippen LogP contribution in [0.15, 0.2) is 59.5 Å². The summed E-state index contributed by atoms with van der Waals surface area (Å²) >= 11 is 7.85. The van der Waals surface area contributed by atoms with Crippen LogP contribution < -0.4 is 20.5 Å². The number of carbonyl (C=O) groups excluding carboxylic acids is 2. The molecule has 2 heterocycles. The minimum Gasteiger partial charge on any atom is -0.454 e. The van der Waals surface area contributed by atoms with Gasteiger partial charge in [-0.15, -0.1) is 11.8 Å². The molecule has 0 spiro atoms. The molecule has 0 saturated heterocycles. The number of ether oxygens (including phenoxy) is 2. The van der Waals surface area contributed by atoms with Gasteiger partial charge in [-0.25, -0.2) is 4.68 Å². The van der Waals surface area contributed by atoms with Crippen molar-refractivity contribution in [3.63, 3.8) is 0 Å². The topological polar surface area (TPSA) is 108 Å². The molecule has 8 nitrogen and oxygen atoms in total. The van der Waals surface area contributed by atoms with E-state index in [2.05, 4.69) is 10.4 Å². The Bertz CT molecular complexity index is 1600. The Hall–Kier alpha value is -3.95. The number of benzene rings is 3. The number of fused-ring (bicyclic) bond motifs is 4. The minimum absolute atomic E-state index is 0.151. The summed E-state index contributed by atoms with van der Waals surface area (Å²) < 4.78 is 12.7. The first-order valence-corrected chi connectivity index (χ1v) is 13.1.